The fraction of sp³-hybridized carbons (Fsp3) is 0.875. The summed E-state index contributed by atoms with van der Waals surface area (Å²) in [6, 6.07) is 0. The van der Waals surface area contributed by atoms with Gasteiger partial charge >= 0.3 is 0 Å². The first-order valence-electron chi connectivity index (χ1n) is 8.44. The number of aliphatic hydroxyl groups excluding tert-OH is 2. The van der Waals surface area contributed by atoms with Crippen molar-refractivity contribution in [2.24, 2.45) is 5.92 Å². The van der Waals surface area contributed by atoms with Crippen LogP contribution < -0.4 is 0 Å². The van der Waals surface area contributed by atoms with Crippen molar-refractivity contribution < 1.29 is 10.2 Å². The Labute approximate surface area is 127 Å². The molecule has 0 spiro atoms. The highest BCUT2D eigenvalue weighted by molar-refractivity contribution is 5.16. The second kappa shape index (κ2) is 8.49. The molecular formula is C16H29N3O2. The van der Waals surface area contributed by atoms with E-state index < -0.39 is 0 Å². The Bertz CT molecular complexity index is 412. The van der Waals surface area contributed by atoms with Crippen LogP contribution in [0.1, 0.15) is 75.6 Å². The lowest BCUT2D eigenvalue weighted by Gasteiger charge is -2.29. The summed E-state index contributed by atoms with van der Waals surface area (Å²) in [5.41, 5.74) is 1.84. The predicted octanol–water partition coefficient (Wildman–Crippen LogP) is 2.62. The molecule has 1 aromatic heterocycles. The fourth-order valence-corrected chi connectivity index (χ4v) is 3.52. The summed E-state index contributed by atoms with van der Waals surface area (Å²) in [4.78, 5) is 0. The minimum absolute atomic E-state index is 0.0375. The number of aromatic nitrogens is 3. The zero-order valence-electron chi connectivity index (χ0n) is 13.2. The largest absolute Gasteiger partial charge is 0.396 e. The van der Waals surface area contributed by atoms with Crippen LogP contribution in [0.15, 0.2) is 0 Å². The minimum atomic E-state index is -0.0375. The number of hydrogen-bond acceptors (Lipinski definition) is 4. The Hall–Kier alpha value is -0.940. The highest BCUT2D eigenvalue weighted by Gasteiger charge is 2.27. The molecule has 1 aliphatic rings. The van der Waals surface area contributed by atoms with Crippen LogP contribution in [0.5, 0.6) is 0 Å². The minimum Gasteiger partial charge on any atom is -0.396 e. The third-order valence-electron chi connectivity index (χ3n) is 4.72. The van der Waals surface area contributed by atoms with Crippen LogP contribution in [0.4, 0.5) is 0 Å². The van der Waals surface area contributed by atoms with Crippen LogP contribution in [-0.2, 0) is 13.2 Å². The summed E-state index contributed by atoms with van der Waals surface area (Å²) in [7, 11) is 0. The lowest BCUT2D eigenvalue weighted by molar-refractivity contribution is 0.262. The summed E-state index contributed by atoms with van der Waals surface area (Å²) in [6.07, 6.45) is 9.58. The van der Waals surface area contributed by atoms with E-state index >= 15 is 0 Å². The van der Waals surface area contributed by atoms with Gasteiger partial charge in [-0.15, -0.1) is 5.10 Å². The predicted molar refractivity (Wildman–Crippen MR) is 81.9 cm³/mol. The SMILES string of the molecule is CCCCC1CCC(c2c(CO)nnn2CCCO)CC1. The summed E-state index contributed by atoms with van der Waals surface area (Å²) >= 11 is 0. The fourth-order valence-electron chi connectivity index (χ4n) is 3.52. The van der Waals surface area contributed by atoms with E-state index in [1.54, 1.807) is 0 Å². The van der Waals surface area contributed by atoms with Gasteiger partial charge in [-0.2, -0.15) is 0 Å². The van der Waals surface area contributed by atoms with E-state index in [1.165, 1.54) is 44.9 Å². The van der Waals surface area contributed by atoms with Crippen molar-refractivity contribution in [3.63, 3.8) is 0 Å². The van der Waals surface area contributed by atoms with Crippen LogP contribution >= 0.6 is 0 Å². The number of unbranched alkanes of at least 4 members (excludes halogenated alkanes) is 1. The molecule has 0 radical (unpaired) electrons. The first-order valence-corrected chi connectivity index (χ1v) is 8.44. The van der Waals surface area contributed by atoms with Crippen LogP contribution in [0.2, 0.25) is 0 Å². The normalized spacial score (nSPS) is 22.6. The van der Waals surface area contributed by atoms with Crippen molar-refractivity contribution in [3.8, 4) is 0 Å². The first kappa shape index (κ1) is 16.4. The summed E-state index contributed by atoms with van der Waals surface area (Å²) in [5.74, 6) is 1.35. The van der Waals surface area contributed by atoms with E-state index in [0.29, 0.717) is 18.9 Å². The number of rotatable bonds is 8. The van der Waals surface area contributed by atoms with Crippen LogP contribution in [0, 0.1) is 5.92 Å². The van der Waals surface area contributed by atoms with Gasteiger partial charge in [0.25, 0.3) is 0 Å². The molecule has 1 aliphatic carbocycles. The molecule has 1 heterocycles. The highest BCUT2D eigenvalue weighted by atomic mass is 16.3. The van der Waals surface area contributed by atoms with Crippen LogP contribution in [0.3, 0.4) is 0 Å². The molecule has 5 nitrogen and oxygen atoms in total. The quantitative estimate of drug-likeness (QED) is 0.773. The van der Waals surface area contributed by atoms with Gasteiger partial charge in [0.15, 0.2) is 0 Å². The molecule has 0 atom stereocenters. The molecular weight excluding hydrogens is 266 g/mol. The molecule has 0 amide bonds. The zero-order valence-corrected chi connectivity index (χ0v) is 13.2. The van der Waals surface area contributed by atoms with Crippen molar-refractivity contribution in [2.75, 3.05) is 6.61 Å². The monoisotopic (exact) mass is 295 g/mol. The average Bonchev–Trinajstić information content (AvgIpc) is 2.94. The molecule has 0 saturated heterocycles. The van der Waals surface area contributed by atoms with Crippen molar-refractivity contribution in [3.05, 3.63) is 11.4 Å². The van der Waals surface area contributed by atoms with E-state index in [0.717, 1.165) is 17.3 Å². The molecule has 1 aromatic rings. The van der Waals surface area contributed by atoms with Gasteiger partial charge in [-0.25, -0.2) is 4.68 Å². The summed E-state index contributed by atoms with van der Waals surface area (Å²) in [5, 5.41) is 26.8. The standard InChI is InChI=1S/C16H29N3O2/c1-2-3-5-13-6-8-14(9-7-13)16-15(12-21)17-18-19(16)10-4-11-20/h13-14,20-21H,2-12H2,1H3. The Morgan fingerprint density at radius 1 is 1.14 bits per heavy atom. The van der Waals surface area contributed by atoms with Gasteiger partial charge < -0.3 is 10.2 Å². The number of aryl methyl sites for hydroxylation is 1. The zero-order chi connectivity index (χ0) is 15.1. The van der Waals surface area contributed by atoms with Gasteiger partial charge in [-0.1, -0.05) is 31.4 Å². The maximum atomic E-state index is 9.49. The molecule has 1 fully saturated rings. The van der Waals surface area contributed by atoms with E-state index in [9.17, 15) is 5.11 Å². The summed E-state index contributed by atoms with van der Waals surface area (Å²) in [6.45, 7) is 3.07. The smallest absolute Gasteiger partial charge is 0.112 e. The van der Waals surface area contributed by atoms with Gasteiger partial charge in [-0.05, 0) is 38.0 Å². The molecule has 1 saturated carbocycles. The Balaban J connectivity index is 1.99. The summed E-state index contributed by atoms with van der Waals surface area (Å²) < 4.78 is 1.90. The van der Waals surface area contributed by atoms with Crippen LogP contribution in [-0.4, -0.2) is 31.8 Å². The topological polar surface area (TPSA) is 71.2 Å². The van der Waals surface area contributed by atoms with Gasteiger partial charge in [0.05, 0.1) is 12.3 Å². The molecule has 0 aliphatic heterocycles. The highest BCUT2D eigenvalue weighted by Crippen LogP contribution is 2.38. The molecule has 2 N–H and O–H groups in total. The van der Waals surface area contributed by atoms with Gasteiger partial charge in [0, 0.05) is 19.1 Å². The van der Waals surface area contributed by atoms with Crippen molar-refractivity contribution in [2.45, 2.75) is 77.4 Å². The molecule has 2 rings (SSSR count). The molecule has 5 heteroatoms. The average molecular weight is 295 g/mol. The number of hydrogen-bond donors (Lipinski definition) is 2. The van der Waals surface area contributed by atoms with Gasteiger partial charge in [0.2, 0.25) is 0 Å². The second-order valence-electron chi connectivity index (χ2n) is 6.24. The van der Waals surface area contributed by atoms with E-state index in [4.69, 9.17) is 5.11 Å². The number of nitrogens with zero attached hydrogens (tertiary/aromatic N) is 3. The second-order valence-corrected chi connectivity index (χ2v) is 6.24. The third-order valence-corrected chi connectivity index (χ3v) is 4.72. The Morgan fingerprint density at radius 3 is 2.52 bits per heavy atom. The van der Waals surface area contributed by atoms with Gasteiger partial charge in [0.1, 0.15) is 5.69 Å². The van der Waals surface area contributed by atoms with E-state index in [-0.39, 0.29) is 13.2 Å². The number of aliphatic hydroxyl groups is 2. The third kappa shape index (κ3) is 4.27. The molecule has 0 aromatic carbocycles. The van der Waals surface area contributed by atoms with Gasteiger partial charge in [-0.3, -0.25) is 0 Å². The van der Waals surface area contributed by atoms with E-state index in [2.05, 4.69) is 17.2 Å². The lowest BCUT2D eigenvalue weighted by Crippen LogP contribution is -2.18. The van der Waals surface area contributed by atoms with Crippen molar-refractivity contribution in [1.82, 2.24) is 15.0 Å². The molecule has 0 unspecified atom stereocenters. The first-order chi connectivity index (χ1) is 10.3. The molecule has 120 valence electrons. The van der Waals surface area contributed by atoms with Crippen LogP contribution in [0.25, 0.3) is 0 Å². The van der Waals surface area contributed by atoms with Crippen molar-refractivity contribution in [1.29, 1.82) is 0 Å². The molecule has 21 heavy (non-hydrogen) atoms. The Kier molecular flexibility index (Phi) is 6.64. The maximum absolute atomic E-state index is 9.49. The Morgan fingerprint density at radius 2 is 1.90 bits per heavy atom. The maximum Gasteiger partial charge on any atom is 0.112 e. The van der Waals surface area contributed by atoms with E-state index in [1.807, 2.05) is 4.68 Å². The van der Waals surface area contributed by atoms with Crippen molar-refractivity contribution >= 4 is 0 Å². The molecule has 0 bridgehead atoms. The lowest BCUT2D eigenvalue weighted by atomic mass is 9.78.